The van der Waals surface area contributed by atoms with Crippen molar-refractivity contribution in [3.05, 3.63) is 87.6 Å². The second kappa shape index (κ2) is 11.1. The van der Waals surface area contributed by atoms with E-state index in [0.29, 0.717) is 3.58 Å². The van der Waals surface area contributed by atoms with E-state index in [0.717, 1.165) is 36.4 Å². The van der Waals surface area contributed by atoms with Crippen LogP contribution in [0.2, 0.25) is 0 Å². The maximum Gasteiger partial charge on any atom is 0.416 e. The number of rotatable bonds is 6. The quantitative estimate of drug-likeness (QED) is 0.148. The molecule has 0 aromatic heterocycles. The number of alkyl halides is 3. The lowest BCUT2D eigenvalue weighted by Crippen LogP contribution is -2.20. The predicted octanol–water partition coefficient (Wildman–Crippen LogP) is 7.18. The number of nitrogens with one attached hydrogen (secondary N) is 3. The first-order valence-electron chi connectivity index (χ1n) is 9.15. The predicted molar refractivity (Wildman–Crippen MR) is 125 cm³/mol. The number of anilines is 3. The van der Waals surface area contributed by atoms with E-state index in [1.807, 2.05) is 0 Å². The van der Waals surface area contributed by atoms with Crippen LogP contribution >= 0.6 is 22.6 Å². The van der Waals surface area contributed by atoms with Gasteiger partial charge in [0.05, 0.1) is 16.8 Å². The standard InChI is InChI=1S/C22H17F5IN3O2/c1-3-17(23)16(9-12(2)28)20(32)31-19-11-15(7-8-18(19)24)30-21(33)29-14-6-4-5-13(10-14)22(25,26)27/h3-11H,2H2,1H3,(H,31,32)(H2,29,30,33)/b16-9+,17-3+. The fourth-order valence-corrected chi connectivity index (χ4v) is 2.82. The summed E-state index contributed by atoms with van der Waals surface area (Å²) in [5.74, 6) is -2.66. The molecule has 0 aliphatic carbocycles. The normalized spacial score (nSPS) is 12.2. The van der Waals surface area contributed by atoms with Gasteiger partial charge < -0.3 is 16.0 Å². The molecule has 3 amide bonds. The number of urea groups is 1. The topological polar surface area (TPSA) is 70.2 Å². The molecule has 2 aromatic carbocycles. The molecule has 0 spiro atoms. The van der Waals surface area contributed by atoms with Gasteiger partial charge in [-0.05, 0) is 72.0 Å². The van der Waals surface area contributed by atoms with Crippen LogP contribution < -0.4 is 16.0 Å². The minimum Gasteiger partial charge on any atom is -0.319 e. The minimum absolute atomic E-state index is 0.0199. The molecule has 2 aromatic rings. The van der Waals surface area contributed by atoms with Crippen LogP contribution in [0.5, 0.6) is 0 Å². The summed E-state index contributed by atoms with van der Waals surface area (Å²) in [5.41, 5.74) is -1.78. The Kier molecular flexibility index (Phi) is 8.74. The summed E-state index contributed by atoms with van der Waals surface area (Å²) in [7, 11) is 0. The molecule has 0 aliphatic rings. The van der Waals surface area contributed by atoms with E-state index in [2.05, 4.69) is 22.5 Å². The van der Waals surface area contributed by atoms with Gasteiger partial charge in [-0.1, -0.05) is 18.7 Å². The van der Waals surface area contributed by atoms with Crippen LogP contribution in [0, 0.1) is 5.82 Å². The molecular formula is C22H17F5IN3O2. The molecule has 5 nitrogen and oxygen atoms in total. The van der Waals surface area contributed by atoms with E-state index in [1.165, 1.54) is 25.1 Å². The van der Waals surface area contributed by atoms with Crippen LogP contribution in [-0.2, 0) is 11.0 Å². The second-order valence-corrected chi connectivity index (χ2v) is 7.83. The number of allylic oxidation sites excluding steroid dienone is 3. The third-order valence-corrected chi connectivity index (χ3v) is 4.29. The van der Waals surface area contributed by atoms with Gasteiger partial charge in [-0.3, -0.25) is 4.79 Å². The summed E-state index contributed by atoms with van der Waals surface area (Å²) >= 11 is 1.78. The van der Waals surface area contributed by atoms with Crippen molar-refractivity contribution in [2.24, 2.45) is 0 Å². The molecule has 0 heterocycles. The SMILES string of the molecule is C=C(I)/C=C(C(=O)Nc1cc(NC(=O)Nc2cccc(C(F)(F)F)c2)ccc1F)\C(F)=C/C. The zero-order valence-corrected chi connectivity index (χ0v) is 19.1. The molecule has 0 saturated heterocycles. The average Bonchev–Trinajstić information content (AvgIpc) is 2.73. The van der Waals surface area contributed by atoms with Crippen LogP contribution in [0.15, 0.2) is 76.2 Å². The van der Waals surface area contributed by atoms with Crippen LogP contribution in [0.3, 0.4) is 0 Å². The average molecular weight is 577 g/mol. The third kappa shape index (κ3) is 7.70. The first-order valence-corrected chi connectivity index (χ1v) is 10.2. The molecule has 0 atom stereocenters. The number of benzene rings is 2. The molecule has 2 rings (SSSR count). The van der Waals surface area contributed by atoms with Crippen LogP contribution in [0.1, 0.15) is 12.5 Å². The first-order chi connectivity index (χ1) is 15.4. The Balaban J connectivity index is 2.17. The summed E-state index contributed by atoms with van der Waals surface area (Å²) in [4.78, 5) is 24.6. The lowest BCUT2D eigenvalue weighted by molar-refractivity contribution is -0.137. The Hall–Kier alpha value is -3.22. The Morgan fingerprint density at radius 2 is 1.67 bits per heavy atom. The van der Waals surface area contributed by atoms with Gasteiger partial charge in [0.2, 0.25) is 0 Å². The summed E-state index contributed by atoms with van der Waals surface area (Å²) in [6, 6.07) is 6.28. The maximum atomic E-state index is 14.2. The van der Waals surface area contributed by atoms with Crippen molar-refractivity contribution in [3.8, 4) is 0 Å². The van der Waals surface area contributed by atoms with E-state index in [9.17, 15) is 31.5 Å². The smallest absolute Gasteiger partial charge is 0.319 e. The Morgan fingerprint density at radius 3 is 2.24 bits per heavy atom. The fourth-order valence-electron chi connectivity index (χ4n) is 2.51. The molecule has 0 saturated carbocycles. The fraction of sp³-hybridized carbons (Fsp3) is 0.0909. The zero-order chi connectivity index (χ0) is 24.8. The van der Waals surface area contributed by atoms with E-state index in [1.54, 1.807) is 22.6 Å². The van der Waals surface area contributed by atoms with Crippen LogP contribution in [0.4, 0.5) is 43.8 Å². The van der Waals surface area contributed by atoms with Gasteiger partial charge in [-0.15, -0.1) is 0 Å². The number of carbonyl (C=O) groups is 2. The van der Waals surface area contributed by atoms with Gasteiger partial charge in [0.25, 0.3) is 5.91 Å². The number of amides is 3. The third-order valence-electron chi connectivity index (χ3n) is 3.98. The second-order valence-electron chi connectivity index (χ2n) is 6.45. The van der Waals surface area contributed by atoms with Crippen molar-refractivity contribution in [1.29, 1.82) is 0 Å². The zero-order valence-electron chi connectivity index (χ0n) is 17.0. The summed E-state index contributed by atoms with van der Waals surface area (Å²) < 4.78 is 67.0. The molecule has 0 aliphatic heterocycles. The van der Waals surface area contributed by atoms with Gasteiger partial charge in [0, 0.05) is 15.0 Å². The Morgan fingerprint density at radius 1 is 1.03 bits per heavy atom. The summed E-state index contributed by atoms with van der Waals surface area (Å²) in [5, 5.41) is 6.77. The molecule has 0 bridgehead atoms. The molecule has 11 heteroatoms. The van der Waals surface area contributed by atoms with Crippen molar-refractivity contribution >= 4 is 51.6 Å². The van der Waals surface area contributed by atoms with E-state index >= 15 is 0 Å². The monoisotopic (exact) mass is 577 g/mol. The number of hydrogen-bond acceptors (Lipinski definition) is 2. The van der Waals surface area contributed by atoms with E-state index in [-0.39, 0.29) is 22.6 Å². The number of halogens is 6. The molecule has 0 unspecified atom stereocenters. The molecule has 33 heavy (non-hydrogen) atoms. The number of carbonyl (C=O) groups excluding carboxylic acids is 2. The largest absolute Gasteiger partial charge is 0.416 e. The molecular weight excluding hydrogens is 560 g/mol. The Labute approximate surface area is 199 Å². The van der Waals surface area contributed by atoms with Crippen molar-refractivity contribution < 1.29 is 31.5 Å². The van der Waals surface area contributed by atoms with Crippen LogP contribution in [0.25, 0.3) is 0 Å². The summed E-state index contributed by atoms with van der Waals surface area (Å²) in [6.45, 7) is 4.94. The van der Waals surface area contributed by atoms with Gasteiger partial charge in [-0.25, -0.2) is 13.6 Å². The maximum absolute atomic E-state index is 14.2. The van der Waals surface area contributed by atoms with Gasteiger partial charge in [0.1, 0.15) is 11.6 Å². The first kappa shape index (κ1) is 26.0. The molecule has 3 N–H and O–H groups in total. The highest BCUT2D eigenvalue weighted by atomic mass is 127. The van der Waals surface area contributed by atoms with Crippen molar-refractivity contribution in [3.63, 3.8) is 0 Å². The van der Waals surface area contributed by atoms with Crippen molar-refractivity contribution in [2.75, 3.05) is 16.0 Å². The molecule has 174 valence electrons. The Bertz CT molecular complexity index is 1140. The van der Waals surface area contributed by atoms with E-state index < -0.39 is 35.3 Å². The lowest BCUT2D eigenvalue weighted by atomic mass is 10.1. The van der Waals surface area contributed by atoms with Crippen LogP contribution in [-0.4, -0.2) is 11.9 Å². The van der Waals surface area contributed by atoms with Crippen molar-refractivity contribution in [2.45, 2.75) is 13.1 Å². The van der Waals surface area contributed by atoms with Crippen molar-refractivity contribution in [1.82, 2.24) is 0 Å². The number of hydrogen-bond donors (Lipinski definition) is 3. The highest BCUT2D eigenvalue weighted by molar-refractivity contribution is 14.1. The molecule has 0 fully saturated rings. The highest BCUT2D eigenvalue weighted by Crippen LogP contribution is 2.30. The highest BCUT2D eigenvalue weighted by Gasteiger charge is 2.30. The molecule has 0 radical (unpaired) electrons. The van der Waals surface area contributed by atoms with Gasteiger partial charge >= 0.3 is 12.2 Å². The minimum atomic E-state index is -4.58. The van der Waals surface area contributed by atoms with Gasteiger partial charge in [0.15, 0.2) is 0 Å². The summed E-state index contributed by atoms with van der Waals surface area (Å²) in [6.07, 6.45) is -2.35. The van der Waals surface area contributed by atoms with Gasteiger partial charge in [-0.2, -0.15) is 13.2 Å². The lowest BCUT2D eigenvalue weighted by Gasteiger charge is -2.13. The van der Waals surface area contributed by atoms with E-state index in [4.69, 9.17) is 0 Å².